The van der Waals surface area contributed by atoms with Crippen LogP contribution in [0.5, 0.6) is 5.75 Å². The molecule has 0 aliphatic rings. The van der Waals surface area contributed by atoms with Gasteiger partial charge in [-0.05, 0) is 44.0 Å². The van der Waals surface area contributed by atoms with Crippen LogP contribution in [-0.2, 0) is 4.74 Å². The molecule has 0 aromatic heterocycles. The minimum atomic E-state index is 0.257. The Morgan fingerprint density at radius 1 is 1.28 bits per heavy atom. The van der Waals surface area contributed by atoms with Gasteiger partial charge < -0.3 is 15.2 Å². The third-order valence-electron chi connectivity index (χ3n) is 2.93. The largest absolute Gasteiger partial charge is 0.508 e. The molecule has 102 valence electrons. The van der Waals surface area contributed by atoms with Gasteiger partial charge in [-0.1, -0.05) is 25.5 Å². The van der Waals surface area contributed by atoms with E-state index in [0.29, 0.717) is 5.75 Å². The summed E-state index contributed by atoms with van der Waals surface area (Å²) in [5.74, 6) is 0.323. The third kappa shape index (κ3) is 6.03. The van der Waals surface area contributed by atoms with E-state index in [4.69, 9.17) is 4.74 Å². The van der Waals surface area contributed by atoms with Gasteiger partial charge in [-0.2, -0.15) is 0 Å². The summed E-state index contributed by atoms with van der Waals surface area (Å²) >= 11 is 0. The molecule has 1 aromatic rings. The van der Waals surface area contributed by atoms with E-state index in [0.717, 1.165) is 38.2 Å². The van der Waals surface area contributed by atoms with E-state index in [1.165, 1.54) is 6.42 Å². The van der Waals surface area contributed by atoms with Gasteiger partial charge in [0.25, 0.3) is 0 Å². The maximum Gasteiger partial charge on any atom is 0.115 e. The lowest BCUT2D eigenvalue weighted by Gasteiger charge is -2.14. The maximum atomic E-state index is 9.41. The van der Waals surface area contributed by atoms with Crippen LogP contribution >= 0.6 is 0 Å². The van der Waals surface area contributed by atoms with Gasteiger partial charge in [-0.15, -0.1) is 0 Å². The summed E-state index contributed by atoms with van der Waals surface area (Å²) in [6.07, 6.45) is 3.35. The number of ether oxygens (including phenoxy) is 1. The number of phenols is 1. The van der Waals surface area contributed by atoms with Crippen molar-refractivity contribution < 1.29 is 9.84 Å². The van der Waals surface area contributed by atoms with E-state index in [2.05, 4.69) is 19.2 Å². The first-order chi connectivity index (χ1) is 8.74. The summed E-state index contributed by atoms with van der Waals surface area (Å²) in [7, 11) is 0. The van der Waals surface area contributed by atoms with Gasteiger partial charge >= 0.3 is 0 Å². The topological polar surface area (TPSA) is 41.5 Å². The molecule has 2 N–H and O–H groups in total. The number of nitrogens with one attached hydrogen (secondary N) is 1. The minimum absolute atomic E-state index is 0.257. The molecule has 0 radical (unpaired) electrons. The highest BCUT2D eigenvalue weighted by molar-refractivity contribution is 5.28. The van der Waals surface area contributed by atoms with Crippen molar-refractivity contribution in [2.24, 2.45) is 0 Å². The fourth-order valence-electron chi connectivity index (χ4n) is 1.75. The molecule has 1 atom stereocenters. The monoisotopic (exact) mass is 251 g/mol. The minimum Gasteiger partial charge on any atom is -0.508 e. The Kier molecular flexibility index (Phi) is 7.46. The van der Waals surface area contributed by atoms with Gasteiger partial charge in [0.15, 0.2) is 0 Å². The van der Waals surface area contributed by atoms with Gasteiger partial charge in [0.05, 0.1) is 0 Å². The molecule has 0 saturated heterocycles. The van der Waals surface area contributed by atoms with E-state index in [1.807, 2.05) is 12.1 Å². The quantitative estimate of drug-likeness (QED) is 0.662. The zero-order valence-electron chi connectivity index (χ0n) is 11.5. The molecule has 0 aliphatic carbocycles. The first-order valence-corrected chi connectivity index (χ1v) is 6.84. The lowest BCUT2D eigenvalue weighted by Crippen LogP contribution is -2.21. The number of benzene rings is 1. The van der Waals surface area contributed by atoms with Gasteiger partial charge in [0.2, 0.25) is 0 Å². The van der Waals surface area contributed by atoms with E-state index in [9.17, 15) is 5.11 Å². The van der Waals surface area contributed by atoms with Crippen LogP contribution in [0.3, 0.4) is 0 Å². The van der Waals surface area contributed by atoms with E-state index >= 15 is 0 Å². The Hall–Kier alpha value is -1.06. The molecular weight excluding hydrogens is 226 g/mol. The normalized spacial score (nSPS) is 12.6. The molecule has 18 heavy (non-hydrogen) atoms. The lowest BCUT2D eigenvalue weighted by atomic mass is 10.1. The highest BCUT2D eigenvalue weighted by atomic mass is 16.5. The Morgan fingerprint density at radius 2 is 2.06 bits per heavy atom. The van der Waals surface area contributed by atoms with Crippen LogP contribution in [0.2, 0.25) is 0 Å². The van der Waals surface area contributed by atoms with Gasteiger partial charge in [-0.25, -0.2) is 0 Å². The van der Waals surface area contributed by atoms with Crippen molar-refractivity contribution in [1.82, 2.24) is 5.32 Å². The molecule has 0 amide bonds. The van der Waals surface area contributed by atoms with Crippen molar-refractivity contribution in [2.45, 2.75) is 39.2 Å². The van der Waals surface area contributed by atoms with Crippen molar-refractivity contribution in [3.8, 4) is 5.75 Å². The molecule has 0 fully saturated rings. The first kappa shape index (κ1) is 15.0. The molecule has 0 heterocycles. The lowest BCUT2D eigenvalue weighted by molar-refractivity contribution is 0.128. The van der Waals surface area contributed by atoms with Gasteiger partial charge in [0.1, 0.15) is 5.75 Å². The van der Waals surface area contributed by atoms with Crippen molar-refractivity contribution in [2.75, 3.05) is 19.8 Å². The SMILES string of the molecule is CCCCOCCCNC(C)c1cccc(O)c1. The van der Waals surface area contributed by atoms with E-state index in [1.54, 1.807) is 12.1 Å². The fourth-order valence-corrected chi connectivity index (χ4v) is 1.75. The predicted octanol–water partition coefficient (Wildman–Crippen LogP) is 3.25. The first-order valence-electron chi connectivity index (χ1n) is 6.84. The molecule has 0 aliphatic heterocycles. The van der Waals surface area contributed by atoms with Crippen LogP contribution in [0.15, 0.2) is 24.3 Å². The molecule has 0 saturated carbocycles. The zero-order valence-corrected chi connectivity index (χ0v) is 11.5. The highest BCUT2D eigenvalue weighted by Gasteiger charge is 2.04. The summed E-state index contributed by atoms with van der Waals surface area (Å²) in [4.78, 5) is 0. The van der Waals surface area contributed by atoms with Crippen molar-refractivity contribution >= 4 is 0 Å². The van der Waals surface area contributed by atoms with Gasteiger partial charge in [-0.3, -0.25) is 0 Å². The van der Waals surface area contributed by atoms with Crippen molar-refractivity contribution in [1.29, 1.82) is 0 Å². The van der Waals surface area contributed by atoms with Crippen molar-refractivity contribution in [3.05, 3.63) is 29.8 Å². The second kappa shape index (κ2) is 8.95. The third-order valence-corrected chi connectivity index (χ3v) is 2.93. The number of hydrogen-bond donors (Lipinski definition) is 2. The average molecular weight is 251 g/mol. The number of aromatic hydroxyl groups is 1. The van der Waals surface area contributed by atoms with Crippen LogP contribution < -0.4 is 5.32 Å². The standard InChI is InChI=1S/C15H25NO2/c1-3-4-10-18-11-6-9-16-13(2)14-7-5-8-15(17)12-14/h5,7-8,12-13,16-17H,3-4,6,9-11H2,1-2H3. The summed E-state index contributed by atoms with van der Waals surface area (Å²) in [5.41, 5.74) is 1.11. The number of phenolic OH excluding ortho intramolecular Hbond substituents is 1. The van der Waals surface area contributed by atoms with Gasteiger partial charge in [0, 0.05) is 19.3 Å². The molecular formula is C15H25NO2. The molecule has 0 spiro atoms. The molecule has 1 rings (SSSR count). The fraction of sp³-hybridized carbons (Fsp3) is 0.600. The molecule has 0 bridgehead atoms. The van der Waals surface area contributed by atoms with Crippen LogP contribution in [0.1, 0.15) is 44.7 Å². The summed E-state index contributed by atoms with van der Waals surface area (Å²) < 4.78 is 5.50. The van der Waals surface area contributed by atoms with E-state index in [-0.39, 0.29) is 6.04 Å². The maximum absolute atomic E-state index is 9.41. The Balaban J connectivity index is 2.12. The number of rotatable bonds is 9. The predicted molar refractivity (Wildman–Crippen MR) is 74.9 cm³/mol. The summed E-state index contributed by atoms with van der Waals surface area (Å²) in [6.45, 7) is 6.90. The number of hydrogen-bond acceptors (Lipinski definition) is 3. The Labute approximate surface area is 110 Å². The zero-order chi connectivity index (χ0) is 13.2. The Morgan fingerprint density at radius 3 is 2.78 bits per heavy atom. The second-order valence-corrected chi connectivity index (χ2v) is 4.59. The number of unbranched alkanes of at least 4 members (excludes halogenated alkanes) is 1. The summed E-state index contributed by atoms with van der Waals surface area (Å²) in [6, 6.07) is 7.65. The highest BCUT2D eigenvalue weighted by Crippen LogP contribution is 2.17. The second-order valence-electron chi connectivity index (χ2n) is 4.59. The summed E-state index contributed by atoms with van der Waals surface area (Å²) in [5, 5.41) is 12.8. The molecule has 1 unspecified atom stereocenters. The molecule has 3 heteroatoms. The van der Waals surface area contributed by atoms with Crippen LogP contribution in [0.4, 0.5) is 0 Å². The average Bonchev–Trinajstić information content (AvgIpc) is 2.37. The van der Waals surface area contributed by atoms with Crippen LogP contribution in [0.25, 0.3) is 0 Å². The molecule has 1 aromatic carbocycles. The van der Waals surface area contributed by atoms with Crippen LogP contribution in [0, 0.1) is 0 Å². The van der Waals surface area contributed by atoms with Crippen LogP contribution in [-0.4, -0.2) is 24.9 Å². The Bertz CT molecular complexity index is 328. The molecule has 3 nitrogen and oxygen atoms in total. The van der Waals surface area contributed by atoms with Crippen molar-refractivity contribution in [3.63, 3.8) is 0 Å². The van der Waals surface area contributed by atoms with E-state index < -0.39 is 0 Å². The smallest absolute Gasteiger partial charge is 0.115 e.